The molecule has 0 aromatic heterocycles. The van der Waals surface area contributed by atoms with Crippen molar-refractivity contribution in [2.45, 2.75) is 16.7 Å². The summed E-state index contributed by atoms with van der Waals surface area (Å²) < 4.78 is 27.6. The van der Waals surface area contributed by atoms with Gasteiger partial charge in [-0.05, 0) is 43.3 Å². The molecule has 3 aromatic carbocycles. The van der Waals surface area contributed by atoms with E-state index < -0.39 is 10.0 Å². The van der Waals surface area contributed by atoms with E-state index in [2.05, 4.69) is 5.32 Å². The maximum Gasteiger partial charge on any atom is 0.243 e. The van der Waals surface area contributed by atoms with Crippen molar-refractivity contribution in [1.82, 2.24) is 4.31 Å². The summed E-state index contributed by atoms with van der Waals surface area (Å²) in [5.74, 6) is 0.149. The van der Waals surface area contributed by atoms with E-state index in [1.54, 1.807) is 36.4 Å². The summed E-state index contributed by atoms with van der Waals surface area (Å²) >= 11 is 7.99. The number of rotatable bonds is 7. The number of anilines is 2. The molecule has 0 radical (unpaired) electrons. The maximum absolute atomic E-state index is 13.0. The second-order valence-electron chi connectivity index (χ2n) is 7.99. The second-order valence-corrected chi connectivity index (χ2v) is 11.4. The van der Waals surface area contributed by atoms with Gasteiger partial charge in [-0.25, -0.2) is 8.42 Å². The predicted octanol–water partition coefficient (Wildman–Crippen LogP) is 4.89. The van der Waals surface area contributed by atoms with Gasteiger partial charge in [0, 0.05) is 31.1 Å². The third-order valence-electron chi connectivity index (χ3n) is 5.59. The number of halogens is 1. The molecule has 1 N–H and O–H groups in total. The lowest BCUT2D eigenvalue weighted by molar-refractivity contribution is -0.113. The number of hydrogen-bond donors (Lipinski definition) is 1. The highest BCUT2D eigenvalue weighted by molar-refractivity contribution is 8.00. The monoisotopic (exact) mass is 515 g/mol. The van der Waals surface area contributed by atoms with Crippen LogP contribution in [0.2, 0.25) is 5.02 Å². The Labute approximate surface area is 210 Å². The van der Waals surface area contributed by atoms with Crippen LogP contribution in [0, 0.1) is 6.92 Å². The lowest BCUT2D eigenvalue weighted by atomic mass is 10.2. The number of carbonyl (C=O) groups excluding carboxylic acids is 1. The molecule has 1 fully saturated rings. The summed E-state index contributed by atoms with van der Waals surface area (Å²) in [5, 5.41) is 3.49. The molecule has 34 heavy (non-hydrogen) atoms. The first-order valence-corrected chi connectivity index (χ1v) is 13.7. The highest BCUT2D eigenvalue weighted by Crippen LogP contribution is 2.35. The molecule has 1 saturated heterocycles. The molecule has 178 valence electrons. The highest BCUT2D eigenvalue weighted by atomic mass is 35.5. The van der Waals surface area contributed by atoms with Crippen molar-refractivity contribution in [3.8, 4) is 0 Å². The molecule has 4 rings (SSSR count). The van der Waals surface area contributed by atoms with Gasteiger partial charge in [-0.1, -0.05) is 53.6 Å². The molecule has 1 heterocycles. The average Bonchev–Trinajstić information content (AvgIpc) is 2.84. The normalized spacial score (nSPS) is 14.7. The molecule has 0 unspecified atom stereocenters. The predicted molar refractivity (Wildman–Crippen MR) is 139 cm³/mol. The van der Waals surface area contributed by atoms with E-state index in [-0.39, 0.29) is 11.7 Å². The van der Waals surface area contributed by atoms with Gasteiger partial charge in [-0.2, -0.15) is 4.31 Å². The molecule has 0 saturated carbocycles. The average molecular weight is 516 g/mol. The Bertz CT molecular complexity index is 1240. The molecular formula is C25H26ClN3O3S2. The number of para-hydroxylation sites is 1. The summed E-state index contributed by atoms with van der Waals surface area (Å²) in [6.45, 7) is 3.53. The van der Waals surface area contributed by atoms with Crippen LogP contribution in [0.4, 0.5) is 11.4 Å². The SMILES string of the molecule is Cc1ccc(S(=O)(=O)N2CCN(c3c(Cl)cccc3NC(=O)CSc3ccccc3)CC2)cc1. The van der Waals surface area contributed by atoms with Gasteiger partial charge in [-0.3, -0.25) is 4.79 Å². The summed E-state index contributed by atoms with van der Waals surface area (Å²) in [6.07, 6.45) is 0. The summed E-state index contributed by atoms with van der Waals surface area (Å²) in [6, 6.07) is 22.0. The lowest BCUT2D eigenvalue weighted by Gasteiger charge is -2.36. The van der Waals surface area contributed by atoms with Gasteiger partial charge in [0.2, 0.25) is 15.9 Å². The van der Waals surface area contributed by atoms with Gasteiger partial charge < -0.3 is 10.2 Å². The first-order valence-electron chi connectivity index (χ1n) is 10.9. The van der Waals surface area contributed by atoms with Crippen LogP contribution >= 0.6 is 23.4 Å². The molecule has 1 aliphatic heterocycles. The van der Waals surface area contributed by atoms with Crippen LogP contribution in [0.3, 0.4) is 0 Å². The Morgan fingerprint density at radius 1 is 0.941 bits per heavy atom. The number of nitrogens with one attached hydrogen (secondary N) is 1. The highest BCUT2D eigenvalue weighted by Gasteiger charge is 2.30. The van der Waals surface area contributed by atoms with Crippen molar-refractivity contribution >= 4 is 50.7 Å². The van der Waals surface area contributed by atoms with Crippen molar-refractivity contribution in [3.05, 3.63) is 83.4 Å². The number of thioether (sulfide) groups is 1. The number of piperazine rings is 1. The maximum atomic E-state index is 13.0. The summed E-state index contributed by atoms with van der Waals surface area (Å²) in [7, 11) is -3.56. The number of amides is 1. The van der Waals surface area contributed by atoms with E-state index in [1.807, 2.05) is 48.2 Å². The van der Waals surface area contributed by atoms with Gasteiger partial charge in [0.1, 0.15) is 0 Å². The molecule has 9 heteroatoms. The topological polar surface area (TPSA) is 69.7 Å². The van der Waals surface area contributed by atoms with Crippen LogP contribution in [0.15, 0.2) is 82.6 Å². The number of carbonyl (C=O) groups is 1. The zero-order valence-corrected chi connectivity index (χ0v) is 21.2. The van der Waals surface area contributed by atoms with Gasteiger partial charge in [0.15, 0.2) is 0 Å². The minimum atomic E-state index is -3.56. The minimum absolute atomic E-state index is 0.127. The molecule has 0 aliphatic carbocycles. The lowest BCUT2D eigenvalue weighted by Crippen LogP contribution is -2.49. The summed E-state index contributed by atoms with van der Waals surface area (Å²) in [5.41, 5.74) is 2.36. The van der Waals surface area contributed by atoms with Crippen LogP contribution in [0.25, 0.3) is 0 Å². The van der Waals surface area contributed by atoms with Gasteiger partial charge in [0.25, 0.3) is 0 Å². The Kier molecular flexibility index (Phi) is 7.83. The molecule has 3 aromatic rings. The van der Waals surface area contributed by atoms with Crippen molar-refractivity contribution in [2.24, 2.45) is 0 Å². The van der Waals surface area contributed by atoms with Crippen LogP contribution in [-0.4, -0.2) is 50.6 Å². The number of nitrogens with zero attached hydrogens (tertiary/aromatic N) is 2. The van der Waals surface area contributed by atoms with Crippen molar-refractivity contribution in [1.29, 1.82) is 0 Å². The largest absolute Gasteiger partial charge is 0.366 e. The zero-order valence-electron chi connectivity index (χ0n) is 18.8. The van der Waals surface area contributed by atoms with Gasteiger partial charge in [0.05, 0.1) is 27.0 Å². The Hall–Kier alpha value is -2.52. The number of hydrogen-bond acceptors (Lipinski definition) is 5. The molecule has 1 aliphatic rings. The second kappa shape index (κ2) is 10.8. The third-order valence-corrected chi connectivity index (χ3v) is 8.82. The Morgan fingerprint density at radius 3 is 2.29 bits per heavy atom. The zero-order chi connectivity index (χ0) is 24.1. The van der Waals surface area contributed by atoms with Crippen molar-refractivity contribution in [3.63, 3.8) is 0 Å². The molecule has 0 atom stereocenters. The fourth-order valence-corrected chi connectivity index (χ4v) is 6.24. The molecular weight excluding hydrogens is 490 g/mol. The Morgan fingerprint density at radius 2 is 1.62 bits per heavy atom. The quantitative estimate of drug-likeness (QED) is 0.454. The first kappa shape index (κ1) is 24.6. The van der Waals surface area contributed by atoms with Crippen LogP contribution in [-0.2, 0) is 14.8 Å². The smallest absolute Gasteiger partial charge is 0.243 e. The van der Waals surface area contributed by atoms with E-state index in [9.17, 15) is 13.2 Å². The van der Waals surface area contributed by atoms with E-state index in [0.29, 0.717) is 41.8 Å². The molecule has 6 nitrogen and oxygen atoms in total. The van der Waals surface area contributed by atoms with Gasteiger partial charge in [-0.15, -0.1) is 11.8 Å². The van der Waals surface area contributed by atoms with Crippen molar-refractivity contribution < 1.29 is 13.2 Å². The fraction of sp³-hybridized carbons (Fsp3) is 0.240. The third kappa shape index (κ3) is 5.75. The van der Waals surface area contributed by atoms with Crippen LogP contribution < -0.4 is 10.2 Å². The number of aryl methyl sites for hydroxylation is 1. The number of sulfonamides is 1. The fourth-order valence-electron chi connectivity index (χ4n) is 3.80. The van der Waals surface area contributed by atoms with Gasteiger partial charge >= 0.3 is 0 Å². The molecule has 0 spiro atoms. The Balaban J connectivity index is 1.43. The van der Waals surface area contributed by atoms with Crippen molar-refractivity contribution in [2.75, 3.05) is 42.1 Å². The molecule has 1 amide bonds. The molecule has 0 bridgehead atoms. The van der Waals surface area contributed by atoms with E-state index >= 15 is 0 Å². The summed E-state index contributed by atoms with van der Waals surface area (Å²) in [4.78, 5) is 16.0. The standard InChI is InChI=1S/C25H26ClN3O3S2/c1-19-10-12-21(13-11-19)34(31,32)29-16-14-28(15-17-29)25-22(26)8-5-9-23(25)27-24(30)18-33-20-6-3-2-4-7-20/h2-13H,14-18H2,1H3,(H,27,30). The first-order chi connectivity index (χ1) is 16.3. The number of benzene rings is 3. The van der Waals surface area contributed by atoms with Crippen LogP contribution in [0.1, 0.15) is 5.56 Å². The minimum Gasteiger partial charge on any atom is -0.366 e. The van der Waals surface area contributed by atoms with E-state index in [4.69, 9.17) is 11.6 Å². The van der Waals surface area contributed by atoms with E-state index in [1.165, 1.54) is 16.1 Å². The van der Waals surface area contributed by atoms with E-state index in [0.717, 1.165) is 16.1 Å². The van der Waals surface area contributed by atoms with Crippen LogP contribution in [0.5, 0.6) is 0 Å².